The van der Waals surface area contributed by atoms with E-state index >= 15 is 0 Å². The number of hydrogen-bond acceptors (Lipinski definition) is 4. The van der Waals surface area contributed by atoms with E-state index < -0.39 is 18.0 Å². The Balaban J connectivity index is 2.04. The van der Waals surface area contributed by atoms with Crippen LogP contribution in [0.5, 0.6) is 5.75 Å². The third kappa shape index (κ3) is 4.63. The highest BCUT2D eigenvalue weighted by Gasteiger charge is 2.21. The number of hydrogen-bond donors (Lipinski definition) is 1. The number of benzene rings is 2. The zero-order chi connectivity index (χ0) is 17.7. The molecule has 0 saturated heterocycles. The van der Waals surface area contributed by atoms with Gasteiger partial charge < -0.3 is 14.8 Å². The number of para-hydroxylation sites is 1. The van der Waals surface area contributed by atoms with Gasteiger partial charge >= 0.3 is 5.97 Å². The summed E-state index contributed by atoms with van der Waals surface area (Å²) < 4.78 is 10.3. The van der Waals surface area contributed by atoms with Crippen LogP contribution in [-0.2, 0) is 9.53 Å². The molecule has 0 radical (unpaired) electrons. The maximum atomic E-state index is 12.2. The van der Waals surface area contributed by atoms with Gasteiger partial charge in [0.15, 0.2) is 6.10 Å². The molecule has 7 heteroatoms. The predicted molar refractivity (Wildman–Crippen MR) is 93.0 cm³/mol. The fourth-order valence-corrected chi connectivity index (χ4v) is 2.49. The highest BCUT2D eigenvalue weighted by Crippen LogP contribution is 2.23. The largest absolute Gasteiger partial charge is 0.496 e. The number of carbonyl (C=O) groups excluding carboxylic acids is 2. The van der Waals surface area contributed by atoms with Crippen molar-refractivity contribution in [2.45, 2.75) is 13.0 Å². The second kappa shape index (κ2) is 8.04. The molecule has 1 N–H and O–H groups in total. The lowest BCUT2D eigenvalue weighted by Gasteiger charge is -2.15. The van der Waals surface area contributed by atoms with Crippen molar-refractivity contribution in [3.05, 3.63) is 58.1 Å². The van der Waals surface area contributed by atoms with Crippen LogP contribution in [0.2, 0.25) is 10.0 Å². The second-order valence-corrected chi connectivity index (χ2v) is 5.77. The monoisotopic (exact) mass is 367 g/mol. The SMILES string of the molecule is COc1ccccc1C(=O)O[C@@H](C)C(=O)Nc1cc(Cl)cc(Cl)c1. The van der Waals surface area contributed by atoms with Crippen molar-refractivity contribution in [2.24, 2.45) is 0 Å². The minimum atomic E-state index is -1.01. The number of ether oxygens (including phenoxy) is 2. The van der Waals surface area contributed by atoms with Crippen molar-refractivity contribution in [3.63, 3.8) is 0 Å². The Hall–Kier alpha value is -2.24. The highest BCUT2D eigenvalue weighted by molar-refractivity contribution is 6.35. The molecular weight excluding hydrogens is 353 g/mol. The van der Waals surface area contributed by atoms with Crippen LogP contribution in [0.4, 0.5) is 5.69 Å². The van der Waals surface area contributed by atoms with Gasteiger partial charge in [0, 0.05) is 15.7 Å². The summed E-state index contributed by atoms with van der Waals surface area (Å²) in [5.74, 6) is -0.785. The molecule has 0 saturated carbocycles. The molecule has 2 aromatic rings. The second-order valence-electron chi connectivity index (χ2n) is 4.90. The summed E-state index contributed by atoms with van der Waals surface area (Å²) in [6.07, 6.45) is -1.01. The van der Waals surface area contributed by atoms with Crippen LogP contribution in [0.1, 0.15) is 17.3 Å². The first-order valence-corrected chi connectivity index (χ1v) is 7.77. The Bertz CT molecular complexity index is 744. The van der Waals surface area contributed by atoms with Gasteiger partial charge in [-0.1, -0.05) is 35.3 Å². The van der Waals surface area contributed by atoms with E-state index in [4.69, 9.17) is 32.7 Å². The number of nitrogens with one attached hydrogen (secondary N) is 1. The molecule has 0 fully saturated rings. The number of halogens is 2. The lowest BCUT2D eigenvalue weighted by Crippen LogP contribution is -2.30. The van der Waals surface area contributed by atoms with Gasteiger partial charge in [0.1, 0.15) is 11.3 Å². The lowest BCUT2D eigenvalue weighted by atomic mass is 10.2. The number of methoxy groups -OCH3 is 1. The molecule has 0 spiro atoms. The lowest BCUT2D eigenvalue weighted by molar-refractivity contribution is -0.123. The van der Waals surface area contributed by atoms with Crippen LogP contribution in [0, 0.1) is 0 Å². The van der Waals surface area contributed by atoms with Crippen LogP contribution in [0.3, 0.4) is 0 Å². The fraction of sp³-hybridized carbons (Fsp3) is 0.176. The number of rotatable bonds is 5. The Labute approximate surface area is 149 Å². The van der Waals surface area contributed by atoms with E-state index in [1.807, 2.05) is 0 Å². The summed E-state index contributed by atoms with van der Waals surface area (Å²) in [6.45, 7) is 1.47. The van der Waals surface area contributed by atoms with Gasteiger partial charge in [-0.25, -0.2) is 4.79 Å². The van der Waals surface area contributed by atoms with E-state index in [9.17, 15) is 9.59 Å². The number of anilines is 1. The molecule has 0 aliphatic rings. The van der Waals surface area contributed by atoms with Crippen molar-refractivity contribution in [1.29, 1.82) is 0 Å². The third-order valence-corrected chi connectivity index (χ3v) is 3.55. The Morgan fingerprint density at radius 3 is 2.33 bits per heavy atom. The van der Waals surface area contributed by atoms with E-state index in [0.717, 1.165) is 0 Å². The Morgan fingerprint density at radius 1 is 1.08 bits per heavy atom. The van der Waals surface area contributed by atoms with E-state index in [1.165, 1.54) is 14.0 Å². The molecule has 0 heterocycles. The van der Waals surface area contributed by atoms with Crippen LogP contribution in [0.25, 0.3) is 0 Å². The zero-order valence-corrected chi connectivity index (χ0v) is 14.5. The third-order valence-electron chi connectivity index (χ3n) is 3.11. The summed E-state index contributed by atoms with van der Waals surface area (Å²) in [6, 6.07) is 11.2. The van der Waals surface area contributed by atoms with Crippen molar-refractivity contribution >= 4 is 40.8 Å². The first-order valence-electron chi connectivity index (χ1n) is 7.01. The van der Waals surface area contributed by atoms with E-state index in [2.05, 4.69) is 5.32 Å². The fourth-order valence-electron chi connectivity index (χ4n) is 1.96. The van der Waals surface area contributed by atoms with Crippen LogP contribution in [0.15, 0.2) is 42.5 Å². The minimum Gasteiger partial charge on any atom is -0.496 e. The van der Waals surface area contributed by atoms with Crippen molar-refractivity contribution in [2.75, 3.05) is 12.4 Å². The summed E-state index contributed by atoms with van der Waals surface area (Å²) in [5, 5.41) is 3.36. The van der Waals surface area contributed by atoms with Crippen molar-refractivity contribution in [1.82, 2.24) is 0 Å². The number of esters is 1. The minimum absolute atomic E-state index is 0.241. The summed E-state index contributed by atoms with van der Waals surface area (Å²) in [4.78, 5) is 24.3. The molecule has 1 atom stereocenters. The van der Waals surface area contributed by atoms with Crippen LogP contribution >= 0.6 is 23.2 Å². The van der Waals surface area contributed by atoms with E-state index in [0.29, 0.717) is 21.5 Å². The van der Waals surface area contributed by atoms with Crippen molar-refractivity contribution < 1.29 is 19.1 Å². The number of carbonyl (C=O) groups is 2. The molecule has 0 unspecified atom stereocenters. The maximum absolute atomic E-state index is 12.2. The molecule has 2 rings (SSSR count). The molecule has 0 aliphatic heterocycles. The van der Waals surface area contributed by atoms with Crippen LogP contribution in [-0.4, -0.2) is 25.1 Å². The standard InChI is InChI=1S/C17H15Cl2NO4/c1-10(16(21)20-13-8-11(18)7-12(19)9-13)24-17(22)14-5-3-4-6-15(14)23-2/h3-10H,1-2H3,(H,20,21)/t10-/m0/s1. The Kier molecular flexibility index (Phi) is 6.06. The smallest absolute Gasteiger partial charge is 0.342 e. The molecular formula is C17H15Cl2NO4. The molecule has 1 amide bonds. The van der Waals surface area contributed by atoms with Gasteiger partial charge in [-0.2, -0.15) is 0 Å². The van der Waals surface area contributed by atoms with Gasteiger partial charge in [0.25, 0.3) is 5.91 Å². The molecule has 0 aliphatic carbocycles. The summed E-state index contributed by atoms with van der Waals surface area (Å²) >= 11 is 11.8. The molecule has 5 nitrogen and oxygen atoms in total. The van der Waals surface area contributed by atoms with Gasteiger partial charge in [-0.15, -0.1) is 0 Å². The Morgan fingerprint density at radius 2 is 1.71 bits per heavy atom. The van der Waals surface area contributed by atoms with Gasteiger partial charge in [-0.05, 0) is 37.3 Å². The maximum Gasteiger partial charge on any atom is 0.342 e. The molecule has 0 aromatic heterocycles. The average molecular weight is 368 g/mol. The van der Waals surface area contributed by atoms with Crippen molar-refractivity contribution in [3.8, 4) is 5.75 Å². The molecule has 126 valence electrons. The normalized spacial score (nSPS) is 11.5. The summed E-state index contributed by atoms with van der Waals surface area (Å²) in [5.41, 5.74) is 0.656. The van der Waals surface area contributed by atoms with E-state index in [1.54, 1.807) is 42.5 Å². The highest BCUT2D eigenvalue weighted by atomic mass is 35.5. The van der Waals surface area contributed by atoms with E-state index in [-0.39, 0.29) is 5.56 Å². The summed E-state index contributed by atoms with van der Waals surface area (Å²) in [7, 11) is 1.45. The van der Waals surface area contributed by atoms with Gasteiger partial charge in [-0.3, -0.25) is 4.79 Å². The number of amides is 1. The topological polar surface area (TPSA) is 64.6 Å². The zero-order valence-electron chi connectivity index (χ0n) is 13.0. The molecule has 0 bridgehead atoms. The van der Waals surface area contributed by atoms with Gasteiger partial charge in [0.2, 0.25) is 0 Å². The first kappa shape index (κ1) is 18.1. The first-order chi connectivity index (χ1) is 11.4. The molecule has 2 aromatic carbocycles. The quantitative estimate of drug-likeness (QED) is 0.804. The molecule has 24 heavy (non-hydrogen) atoms. The average Bonchev–Trinajstić information content (AvgIpc) is 2.53. The van der Waals surface area contributed by atoms with Gasteiger partial charge in [0.05, 0.1) is 7.11 Å². The predicted octanol–water partition coefficient (Wildman–Crippen LogP) is 4.19. The van der Waals surface area contributed by atoms with Crippen LogP contribution < -0.4 is 10.1 Å².